The monoisotopic (exact) mass is 415 g/mol. The molecule has 0 aliphatic carbocycles. The number of nitrogens with one attached hydrogen (secondary N) is 1. The minimum absolute atomic E-state index is 0.186. The molecule has 1 aromatic heterocycles. The first-order valence-electron chi connectivity index (χ1n) is 9.67. The molecule has 2 saturated heterocycles. The average molecular weight is 416 g/mol. The fraction of sp³-hybridized carbons (Fsp3) is 0.450. The van der Waals surface area contributed by atoms with Gasteiger partial charge in [-0.1, -0.05) is 0 Å². The summed E-state index contributed by atoms with van der Waals surface area (Å²) in [7, 11) is -3.57. The van der Waals surface area contributed by atoms with E-state index in [0.29, 0.717) is 29.2 Å². The standard InChI is InChI=1S/C20H25N5O3S/c1-13-8-18(23-15(3)26)4-5-19(13)29(27,28)25-11-16-9-24(10-17(16)12-25)20-21-7-6-14(2)22-20/h4-8,16-17H,9-12H2,1-3H3,(H,23,26). The molecular formula is C20H25N5O3S. The second kappa shape index (κ2) is 7.38. The van der Waals surface area contributed by atoms with Gasteiger partial charge in [0.05, 0.1) is 4.90 Å². The molecule has 2 aliphatic rings. The van der Waals surface area contributed by atoms with Gasteiger partial charge in [-0.05, 0) is 55.5 Å². The zero-order valence-electron chi connectivity index (χ0n) is 16.8. The van der Waals surface area contributed by atoms with Crippen LogP contribution in [-0.4, -0.2) is 54.8 Å². The van der Waals surface area contributed by atoms with E-state index in [0.717, 1.165) is 24.7 Å². The van der Waals surface area contributed by atoms with Crippen LogP contribution in [0.4, 0.5) is 11.6 Å². The van der Waals surface area contributed by atoms with Crippen molar-refractivity contribution >= 4 is 27.6 Å². The molecule has 0 bridgehead atoms. The predicted molar refractivity (Wildman–Crippen MR) is 110 cm³/mol. The number of fused-ring (bicyclic) bond motifs is 1. The van der Waals surface area contributed by atoms with Crippen LogP contribution in [0, 0.1) is 25.7 Å². The Kier molecular flexibility index (Phi) is 5.04. The minimum atomic E-state index is -3.57. The van der Waals surface area contributed by atoms with Gasteiger partial charge >= 0.3 is 0 Å². The topological polar surface area (TPSA) is 95.5 Å². The molecular weight excluding hydrogens is 390 g/mol. The van der Waals surface area contributed by atoms with Crippen molar-refractivity contribution < 1.29 is 13.2 Å². The Morgan fingerprint density at radius 3 is 2.38 bits per heavy atom. The van der Waals surface area contributed by atoms with Crippen LogP contribution < -0.4 is 10.2 Å². The summed E-state index contributed by atoms with van der Waals surface area (Å²) < 4.78 is 28.0. The lowest BCUT2D eigenvalue weighted by atomic mass is 10.0. The van der Waals surface area contributed by atoms with Crippen LogP contribution in [0.15, 0.2) is 35.4 Å². The van der Waals surface area contributed by atoms with Gasteiger partial charge < -0.3 is 10.2 Å². The first-order valence-corrected chi connectivity index (χ1v) is 11.1. The highest BCUT2D eigenvalue weighted by Crippen LogP contribution is 2.36. The summed E-state index contributed by atoms with van der Waals surface area (Å²) in [4.78, 5) is 22.5. The number of nitrogens with zero attached hydrogens (tertiary/aromatic N) is 4. The Morgan fingerprint density at radius 2 is 1.79 bits per heavy atom. The number of rotatable bonds is 4. The maximum atomic E-state index is 13.2. The van der Waals surface area contributed by atoms with E-state index in [1.165, 1.54) is 6.92 Å². The number of sulfonamides is 1. The summed E-state index contributed by atoms with van der Waals surface area (Å²) in [5.41, 5.74) is 2.15. The molecule has 2 fully saturated rings. The number of hydrogen-bond acceptors (Lipinski definition) is 6. The van der Waals surface area contributed by atoms with E-state index in [4.69, 9.17) is 0 Å². The largest absolute Gasteiger partial charge is 0.340 e. The SMILES string of the molecule is CC(=O)Nc1ccc(S(=O)(=O)N2CC3CN(c4nccc(C)n4)CC3C2)c(C)c1. The van der Waals surface area contributed by atoms with E-state index in [1.54, 1.807) is 35.6 Å². The van der Waals surface area contributed by atoms with Crippen molar-refractivity contribution in [1.82, 2.24) is 14.3 Å². The van der Waals surface area contributed by atoms with Gasteiger partial charge in [-0.15, -0.1) is 0 Å². The molecule has 2 atom stereocenters. The van der Waals surface area contributed by atoms with Gasteiger partial charge in [0.1, 0.15) is 0 Å². The highest BCUT2D eigenvalue weighted by Gasteiger charge is 2.45. The van der Waals surface area contributed by atoms with Gasteiger partial charge in [-0.25, -0.2) is 18.4 Å². The van der Waals surface area contributed by atoms with Crippen molar-refractivity contribution in [2.45, 2.75) is 25.7 Å². The van der Waals surface area contributed by atoms with Crippen LogP contribution in [0.1, 0.15) is 18.2 Å². The summed E-state index contributed by atoms with van der Waals surface area (Å²) in [6.45, 7) is 7.65. The number of carbonyl (C=O) groups excluding carboxylic acids is 1. The quantitative estimate of drug-likeness (QED) is 0.818. The molecule has 1 aromatic carbocycles. The number of carbonyl (C=O) groups is 1. The smallest absolute Gasteiger partial charge is 0.243 e. The number of aryl methyl sites for hydroxylation is 2. The van der Waals surface area contributed by atoms with E-state index >= 15 is 0 Å². The lowest BCUT2D eigenvalue weighted by Crippen LogP contribution is -2.34. The molecule has 4 rings (SSSR count). The molecule has 29 heavy (non-hydrogen) atoms. The van der Waals surface area contributed by atoms with Gasteiger partial charge in [0.2, 0.25) is 21.9 Å². The first kappa shape index (κ1) is 19.8. The molecule has 2 aliphatic heterocycles. The molecule has 154 valence electrons. The Hall–Kier alpha value is -2.52. The molecule has 0 radical (unpaired) electrons. The third-order valence-electron chi connectivity index (χ3n) is 5.63. The Labute approximate surface area is 171 Å². The van der Waals surface area contributed by atoms with Gasteiger partial charge in [-0.2, -0.15) is 4.31 Å². The number of amides is 1. The van der Waals surface area contributed by atoms with Crippen molar-refractivity contribution in [3.8, 4) is 0 Å². The third-order valence-corrected chi connectivity index (χ3v) is 7.62. The van der Waals surface area contributed by atoms with Crippen LogP contribution in [0.25, 0.3) is 0 Å². The van der Waals surface area contributed by atoms with Gasteiger partial charge in [-0.3, -0.25) is 4.79 Å². The fourth-order valence-electron chi connectivity index (χ4n) is 4.26. The highest BCUT2D eigenvalue weighted by atomic mass is 32.2. The van der Waals surface area contributed by atoms with Crippen LogP contribution in [0.2, 0.25) is 0 Å². The summed E-state index contributed by atoms with van der Waals surface area (Å²) in [6, 6.07) is 6.78. The third kappa shape index (κ3) is 3.84. The molecule has 2 aromatic rings. The summed E-state index contributed by atoms with van der Waals surface area (Å²) in [6.07, 6.45) is 1.76. The zero-order valence-corrected chi connectivity index (χ0v) is 17.6. The Bertz CT molecular complexity index is 1040. The van der Waals surface area contributed by atoms with Crippen LogP contribution in [0.5, 0.6) is 0 Å². The lowest BCUT2D eigenvalue weighted by molar-refractivity contribution is -0.114. The van der Waals surface area contributed by atoms with Gasteiger partial charge in [0, 0.05) is 50.7 Å². The number of hydrogen-bond donors (Lipinski definition) is 1. The molecule has 9 heteroatoms. The van der Waals surface area contributed by atoms with E-state index < -0.39 is 10.0 Å². The van der Waals surface area contributed by atoms with Crippen LogP contribution in [-0.2, 0) is 14.8 Å². The van der Waals surface area contributed by atoms with Crippen molar-refractivity contribution in [2.24, 2.45) is 11.8 Å². The fourth-order valence-corrected chi connectivity index (χ4v) is 6.02. The molecule has 2 unspecified atom stereocenters. The molecule has 0 saturated carbocycles. The van der Waals surface area contributed by atoms with E-state index in [1.807, 2.05) is 13.0 Å². The maximum Gasteiger partial charge on any atom is 0.243 e. The van der Waals surface area contributed by atoms with Crippen LogP contribution in [0.3, 0.4) is 0 Å². The molecule has 8 nitrogen and oxygen atoms in total. The van der Waals surface area contributed by atoms with Crippen molar-refractivity contribution in [2.75, 3.05) is 36.4 Å². The lowest BCUT2D eigenvalue weighted by Gasteiger charge is -2.22. The number of benzene rings is 1. The minimum Gasteiger partial charge on any atom is -0.340 e. The molecule has 1 amide bonds. The normalized spacial score (nSPS) is 22.0. The van der Waals surface area contributed by atoms with Crippen molar-refractivity contribution in [3.63, 3.8) is 0 Å². The maximum absolute atomic E-state index is 13.2. The second-order valence-corrected chi connectivity index (χ2v) is 9.81. The highest BCUT2D eigenvalue weighted by molar-refractivity contribution is 7.89. The Morgan fingerprint density at radius 1 is 1.10 bits per heavy atom. The predicted octanol–water partition coefficient (Wildman–Crippen LogP) is 1.81. The van der Waals surface area contributed by atoms with Crippen molar-refractivity contribution in [3.05, 3.63) is 41.7 Å². The van der Waals surface area contributed by atoms with Crippen LogP contribution >= 0.6 is 0 Å². The molecule has 0 spiro atoms. The molecule has 1 N–H and O–H groups in total. The zero-order chi connectivity index (χ0) is 20.8. The Balaban J connectivity index is 1.48. The number of aromatic nitrogens is 2. The van der Waals surface area contributed by atoms with Gasteiger partial charge in [0.25, 0.3) is 0 Å². The van der Waals surface area contributed by atoms with Crippen molar-refractivity contribution in [1.29, 1.82) is 0 Å². The molecule has 3 heterocycles. The number of anilines is 2. The van der Waals surface area contributed by atoms with Gasteiger partial charge in [0.15, 0.2) is 0 Å². The van der Waals surface area contributed by atoms with E-state index in [-0.39, 0.29) is 17.7 Å². The summed E-state index contributed by atoms with van der Waals surface area (Å²) in [5, 5.41) is 2.69. The summed E-state index contributed by atoms with van der Waals surface area (Å²) >= 11 is 0. The van der Waals surface area contributed by atoms with E-state index in [2.05, 4.69) is 20.2 Å². The average Bonchev–Trinajstić information content (AvgIpc) is 3.20. The van der Waals surface area contributed by atoms with E-state index in [9.17, 15) is 13.2 Å². The second-order valence-electron chi connectivity index (χ2n) is 7.91. The summed E-state index contributed by atoms with van der Waals surface area (Å²) in [5.74, 6) is 1.08. The first-order chi connectivity index (χ1) is 13.7.